The molecule has 0 bridgehead atoms. The van der Waals surface area contributed by atoms with Crippen molar-refractivity contribution in [3.63, 3.8) is 0 Å². The maximum atomic E-state index is 11.3. The van der Waals surface area contributed by atoms with Crippen LogP contribution in [0.2, 0.25) is 0 Å². The number of carbonyl (C=O) groups excluding carboxylic acids is 1. The summed E-state index contributed by atoms with van der Waals surface area (Å²) in [6, 6.07) is -0.491. The number of hydrogen-bond donors (Lipinski definition) is 1. The minimum atomic E-state index is -0.579. The van der Waals surface area contributed by atoms with Crippen LogP contribution >= 0.6 is 12.2 Å². The lowest BCUT2D eigenvalue weighted by atomic mass is 9.94. The van der Waals surface area contributed by atoms with Crippen molar-refractivity contribution < 1.29 is 14.3 Å². The van der Waals surface area contributed by atoms with Crippen molar-refractivity contribution >= 4 is 23.4 Å². The van der Waals surface area contributed by atoms with Gasteiger partial charge in [-0.1, -0.05) is 6.92 Å². The first kappa shape index (κ1) is 10.2. The highest BCUT2D eigenvalue weighted by molar-refractivity contribution is 7.80. The zero-order valence-corrected chi connectivity index (χ0v) is 8.73. The van der Waals surface area contributed by atoms with E-state index >= 15 is 0 Å². The molecule has 0 saturated carbocycles. The van der Waals surface area contributed by atoms with Gasteiger partial charge in [0.2, 0.25) is 0 Å². The molecule has 74 valence electrons. The molecule has 1 aliphatic rings. The average Bonchev–Trinajstić information content (AvgIpc) is 2.41. The quantitative estimate of drug-likeness (QED) is 0.526. The Morgan fingerprint density at radius 1 is 1.85 bits per heavy atom. The number of esters is 1. The van der Waals surface area contributed by atoms with E-state index in [1.165, 1.54) is 7.11 Å². The molecule has 0 aromatic rings. The fourth-order valence-corrected chi connectivity index (χ4v) is 1.58. The van der Waals surface area contributed by atoms with Gasteiger partial charge in [0.05, 0.1) is 7.11 Å². The maximum Gasteiger partial charge on any atom is 0.332 e. The van der Waals surface area contributed by atoms with Gasteiger partial charge in [0.25, 0.3) is 5.17 Å². The normalized spacial score (nSPS) is 32.2. The highest BCUT2D eigenvalue weighted by Crippen LogP contribution is 2.26. The summed E-state index contributed by atoms with van der Waals surface area (Å²) in [7, 11) is 1.35. The van der Waals surface area contributed by atoms with Gasteiger partial charge < -0.3 is 14.8 Å². The Bertz CT molecular complexity index is 244. The summed E-state index contributed by atoms with van der Waals surface area (Å²) < 4.78 is 9.99. The summed E-state index contributed by atoms with van der Waals surface area (Å²) in [5.74, 6) is -0.343. The summed E-state index contributed by atoms with van der Waals surface area (Å²) in [5.41, 5.74) is -0.579. The summed E-state index contributed by atoms with van der Waals surface area (Å²) in [6.45, 7) is 3.77. The van der Waals surface area contributed by atoms with Crippen LogP contribution in [0, 0.1) is 0 Å². The minimum Gasteiger partial charge on any atom is -0.467 e. The molecule has 0 spiro atoms. The molecule has 1 aliphatic heterocycles. The number of rotatable bonds is 2. The van der Waals surface area contributed by atoms with Crippen molar-refractivity contribution in [2.24, 2.45) is 0 Å². The van der Waals surface area contributed by atoms with Crippen LogP contribution in [0.1, 0.15) is 20.3 Å². The molecular formula is C8H13NO3S. The number of methoxy groups -OCH3 is 1. The van der Waals surface area contributed by atoms with Gasteiger partial charge in [0, 0.05) is 0 Å². The van der Waals surface area contributed by atoms with E-state index in [1.54, 1.807) is 0 Å². The van der Waals surface area contributed by atoms with Crippen LogP contribution in [0.5, 0.6) is 0 Å². The molecule has 1 heterocycles. The van der Waals surface area contributed by atoms with Gasteiger partial charge in [-0.25, -0.2) is 4.79 Å². The molecule has 1 saturated heterocycles. The van der Waals surface area contributed by atoms with E-state index in [0.717, 1.165) is 0 Å². The van der Waals surface area contributed by atoms with Crippen molar-refractivity contribution in [1.82, 2.24) is 5.32 Å². The summed E-state index contributed by atoms with van der Waals surface area (Å²) in [4.78, 5) is 11.3. The van der Waals surface area contributed by atoms with Crippen LogP contribution in [-0.4, -0.2) is 29.9 Å². The van der Waals surface area contributed by atoms with Crippen molar-refractivity contribution in [1.29, 1.82) is 0 Å². The van der Waals surface area contributed by atoms with E-state index in [1.807, 2.05) is 13.8 Å². The van der Waals surface area contributed by atoms with Crippen LogP contribution in [0.25, 0.3) is 0 Å². The third-order valence-corrected chi connectivity index (χ3v) is 2.54. The highest BCUT2D eigenvalue weighted by Gasteiger charge is 2.47. The third-order valence-electron chi connectivity index (χ3n) is 2.34. The number of carbonyl (C=O) groups is 1. The lowest BCUT2D eigenvalue weighted by Crippen LogP contribution is -2.47. The van der Waals surface area contributed by atoms with Crippen molar-refractivity contribution in [2.45, 2.75) is 31.9 Å². The molecule has 1 fully saturated rings. The molecule has 0 aromatic carbocycles. The van der Waals surface area contributed by atoms with Crippen LogP contribution < -0.4 is 5.32 Å². The molecule has 0 aromatic heterocycles. The fraction of sp³-hybridized carbons (Fsp3) is 0.750. The van der Waals surface area contributed by atoms with Crippen molar-refractivity contribution in [3.8, 4) is 0 Å². The molecule has 5 heteroatoms. The zero-order chi connectivity index (χ0) is 10.1. The molecule has 1 rings (SSSR count). The Morgan fingerprint density at radius 3 is 2.92 bits per heavy atom. The van der Waals surface area contributed by atoms with Crippen LogP contribution in [0.4, 0.5) is 0 Å². The SMILES string of the molecule is CCC1(C)OC(=S)NC1C(=O)OC. The summed E-state index contributed by atoms with van der Waals surface area (Å²) in [5, 5.41) is 3.04. The smallest absolute Gasteiger partial charge is 0.332 e. The topological polar surface area (TPSA) is 47.6 Å². The minimum absolute atomic E-state index is 0.264. The first-order valence-corrected chi connectivity index (χ1v) is 4.51. The first-order chi connectivity index (χ1) is 6.03. The Kier molecular flexibility index (Phi) is 2.75. The van der Waals surface area contributed by atoms with Gasteiger partial charge >= 0.3 is 5.97 Å². The summed E-state index contributed by atoms with van der Waals surface area (Å²) >= 11 is 4.84. The standard InChI is InChI=1S/C8H13NO3S/c1-4-8(2)5(6(10)11-3)9-7(13)12-8/h5H,4H2,1-3H3,(H,9,13). The zero-order valence-electron chi connectivity index (χ0n) is 7.92. The second-order valence-corrected chi connectivity index (χ2v) is 3.53. The molecule has 1 N–H and O–H groups in total. The van der Waals surface area contributed by atoms with E-state index < -0.39 is 11.6 Å². The lowest BCUT2D eigenvalue weighted by molar-refractivity contribution is -0.146. The van der Waals surface area contributed by atoms with E-state index in [0.29, 0.717) is 6.42 Å². The number of hydrogen-bond acceptors (Lipinski definition) is 4. The predicted molar refractivity (Wildman–Crippen MR) is 51.3 cm³/mol. The molecule has 0 aliphatic carbocycles. The second-order valence-electron chi connectivity index (χ2n) is 3.16. The van der Waals surface area contributed by atoms with Crippen molar-refractivity contribution in [3.05, 3.63) is 0 Å². The Morgan fingerprint density at radius 2 is 2.46 bits per heavy atom. The molecule has 0 radical (unpaired) electrons. The van der Waals surface area contributed by atoms with Crippen LogP contribution in [0.3, 0.4) is 0 Å². The van der Waals surface area contributed by atoms with Gasteiger partial charge in [-0.3, -0.25) is 0 Å². The molecule has 13 heavy (non-hydrogen) atoms. The maximum absolute atomic E-state index is 11.3. The van der Waals surface area contributed by atoms with Crippen molar-refractivity contribution in [2.75, 3.05) is 7.11 Å². The van der Waals surface area contributed by atoms with Gasteiger partial charge in [-0.2, -0.15) is 0 Å². The van der Waals surface area contributed by atoms with E-state index in [-0.39, 0.29) is 11.1 Å². The highest BCUT2D eigenvalue weighted by atomic mass is 32.1. The lowest BCUT2D eigenvalue weighted by Gasteiger charge is -2.25. The monoisotopic (exact) mass is 203 g/mol. The number of nitrogens with one attached hydrogen (secondary N) is 1. The van der Waals surface area contributed by atoms with Crippen LogP contribution in [0.15, 0.2) is 0 Å². The number of thiocarbonyl (C=S) groups is 1. The second kappa shape index (κ2) is 3.49. The Hall–Kier alpha value is -0.840. The van der Waals surface area contributed by atoms with Gasteiger partial charge in [0.1, 0.15) is 5.60 Å². The third kappa shape index (κ3) is 1.75. The predicted octanol–water partition coefficient (Wildman–Crippen LogP) is 0.601. The largest absolute Gasteiger partial charge is 0.467 e. The first-order valence-electron chi connectivity index (χ1n) is 4.11. The Labute approximate surface area is 82.6 Å². The molecule has 2 atom stereocenters. The molecule has 2 unspecified atom stereocenters. The Balaban J connectivity index is 2.83. The summed E-state index contributed by atoms with van der Waals surface area (Å²) in [6.07, 6.45) is 0.694. The molecule has 0 amide bonds. The molecular weight excluding hydrogens is 190 g/mol. The van der Waals surface area contributed by atoms with E-state index in [4.69, 9.17) is 17.0 Å². The van der Waals surface area contributed by atoms with Gasteiger partial charge in [0.15, 0.2) is 6.04 Å². The average molecular weight is 203 g/mol. The molecule has 4 nitrogen and oxygen atoms in total. The fourth-order valence-electron chi connectivity index (χ4n) is 1.27. The van der Waals surface area contributed by atoms with Crippen LogP contribution in [-0.2, 0) is 14.3 Å². The van der Waals surface area contributed by atoms with Gasteiger partial charge in [-0.05, 0) is 25.6 Å². The number of ether oxygens (including phenoxy) is 2. The van der Waals surface area contributed by atoms with E-state index in [2.05, 4.69) is 10.1 Å². The van der Waals surface area contributed by atoms with Gasteiger partial charge in [-0.15, -0.1) is 0 Å². The van der Waals surface area contributed by atoms with E-state index in [9.17, 15) is 4.79 Å².